The zero-order valence-electron chi connectivity index (χ0n) is 27.1. The SMILES string of the molecule is COCCCOc1cc(CN(C(C)C)[C@@H]2CC[C@]3(C[C@H]3CN(C(O)CC3CCOCC3)C3CC3)NC2)cc2ccc(F)cc12. The first-order valence-electron chi connectivity index (χ1n) is 17.2. The van der Waals surface area contributed by atoms with Gasteiger partial charge < -0.3 is 24.6 Å². The van der Waals surface area contributed by atoms with Gasteiger partial charge in [-0.25, -0.2) is 4.39 Å². The molecule has 2 aromatic rings. The maximum Gasteiger partial charge on any atom is 0.127 e. The molecular weight excluding hydrogens is 557 g/mol. The van der Waals surface area contributed by atoms with Gasteiger partial charge in [0.05, 0.1) is 6.61 Å². The maximum atomic E-state index is 14.2. The molecule has 244 valence electrons. The maximum absolute atomic E-state index is 14.2. The summed E-state index contributed by atoms with van der Waals surface area (Å²) in [4.78, 5) is 5.06. The predicted molar refractivity (Wildman–Crippen MR) is 172 cm³/mol. The second-order valence-corrected chi connectivity index (χ2v) is 14.3. The number of piperidine rings is 1. The number of ether oxygens (including phenoxy) is 3. The lowest BCUT2D eigenvalue weighted by Gasteiger charge is -2.41. The number of benzene rings is 2. The topological polar surface area (TPSA) is 66.4 Å². The van der Waals surface area contributed by atoms with Crippen LogP contribution in [0.2, 0.25) is 0 Å². The number of fused-ring (bicyclic) bond motifs is 1. The van der Waals surface area contributed by atoms with Crippen LogP contribution in [0.5, 0.6) is 5.75 Å². The average molecular weight is 612 g/mol. The quantitative estimate of drug-likeness (QED) is 0.197. The van der Waals surface area contributed by atoms with Gasteiger partial charge in [0, 0.05) is 82.0 Å². The number of aliphatic hydroxyl groups excluding tert-OH is 1. The van der Waals surface area contributed by atoms with Gasteiger partial charge in [-0.05, 0) is 112 Å². The van der Waals surface area contributed by atoms with Crippen LogP contribution >= 0.6 is 0 Å². The van der Waals surface area contributed by atoms with E-state index in [9.17, 15) is 9.50 Å². The fourth-order valence-corrected chi connectivity index (χ4v) is 7.85. The van der Waals surface area contributed by atoms with Crippen molar-refractivity contribution in [3.8, 4) is 5.75 Å². The number of hydrogen-bond acceptors (Lipinski definition) is 7. The summed E-state index contributed by atoms with van der Waals surface area (Å²) in [6.45, 7) is 10.3. The van der Waals surface area contributed by atoms with Gasteiger partial charge in [0.1, 0.15) is 17.8 Å². The van der Waals surface area contributed by atoms with E-state index in [4.69, 9.17) is 14.2 Å². The van der Waals surface area contributed by atoms with Crippen molar-refractivity contribution in [2.75, 3.05) is 46.6 Å². The van der Waals surface area contributed by atoms with E-state index in [1.807, 2.05) is 6.07 Å². The summed E-state index contributed by atoms with van der Waals surface area (Å²) in [6.07, 6.45) is 9.57. The molecular formula is C36H54FN3O4. The second kappa shape index (κ2) is 14.3. The summed E-state index contributed by atoms with van der Waals surface area (Å²) in [5, 5.41) is 17.1. The van der Waals surface area contributed by atoms with E-state index < -0.39 is 0 Å². The van der Waals surface area contributed by atoms with Crippen molar-refractivity contribution in [2.45, 2.75) is 108 Å². The third-order valence-electron chi connectivity index (χ3n) is 10.7. The Morgan fingerprint density at radius 1 is 1.05 bits per heavy atom. The molecule has 4 atom stereocenters. The fraction of sp³-hybridized carbons (Fsp3) is 0.722. The van der Waals surface area contributed by atoms with Gasteiger partial charge >= 0.3 is 0 Å². The molecule has 1 spiro atoms. The smallest absolute Gasteiger partial charge is 0.127 e. The Bertz CT molecular complexity index is 1230. The Kier molecular flexibility index (Phi) is 10.5. The first-order chi connectivity index (χ1) is 21.3. The van der Waals surface area contributed by atoms with Crippen LogP contribution in [-0.4, -0.2) is 91.4 Å². The standard InChI is InChI=1S/C36H54FN3O4/c1-25(2)39(23-27-17-28-5-6-30(37)20-33(28)34(18-27)44-14-4-13-42-3)32-9-12-36(38-22-32)21-29(36)24-40(31-7-8-31)35(41)19-26-10-15-43-16-11-26/h5-6,17-18,20,25-26,29,31-32,35,38,41H,4,7-16,19,21-24H2,1-3H3/t29-,32+,35?,36+/m0/s1. The predicted octanol–water partition coefficient (Wildman–Crippen LogP) is 5.71. The Balaban J connectivity index is 1.07. The first kappa shape index (κ1) is 32.1. The molecule has 1 unspecified atom stereocenters. The summed E-state index contributed by atoms with van der Waals surface area (Å²) >= 11 is 0. The third kappa shape index (κ3) is 7.76. The van der Waals surface area contributed by atoms with Crippen molar-refractivity contribution in [3.63, 3.8) is 0 Å². The van der Waals surface area contributed by atoms with Crippen molar-refractivity contribution < 1.29 is 23.7 Å². The lowest BCUT2D eigenvalue weighted by Crippen LogP contribution is -2.53. The van der Waals surface area contributed by atoms with E-state index in [0.29, 0.717) is 43.2 Å². The van der Waals surface area contributed by atoms with Gasteiger partial charge in [-0.2, -0.15) is 0 Å². The zero-order chi connectivity index (χ0) is 30.7. The van der Waals surface area contributed by atoms with E-state index in [1.165, 1.54) is 43.7 Å². The molecule has 2 aliphatic carbocycles. The van der Waals surface area contributed by atoms with Crippen LogP contribution in [0.4, 0.5) is 4.39 Å². The van der Waals surface area contributed by atoms with Gasteiger partial charge in [0.15, 0.2) is 0 Å². The number of rotatable bonds is 15. The van der Waals surface area contributed by atoms with E-state index in [2.05, 4.69) is 41.1 Å². The highest BCUT2D eigenvalue weighted by molar-refractivity contribution is 5.89. The number of nitrogens with zero attached hydrogens (tertiary/aromatic N) is 2. The molecule has 4 fully saturated rings. The van der Waals surface area contributed by atoms with E-state index in [1.54, 1.807) is 13.2 Å². The molecule has 2 saturated heterocycles. The van der Waals surface area contributed by atoms with Gasteiger partial charge in [0.25, 0.3) is 0 Å². The Hall–Kier alpha value is -1.81. The minimum atomic E-state index is -0.316. The highest BCUT2D eigenvalue weighted by atomic mass is 19.1. The van der Waals surface area contributed by atoms with Crippen LogP contribution in [0.1, 0.15) is 77.2 Å². The van der Waals surface area contributed by atoms with Crippen molar-refractivity contribution in [3.05, 3.63) is 41.7 Å². The highest BCUT2D eigenvalue weighted by Gasteiger charge is 2.56. The molecule has 2 heterocycles. The van der Waals surface area contributed by atoms with Gasteiger partial charge in [-0.15, -0.1) is 0 Å². The molecule has 0 aromatic heterocycles. The van der Waals surface area contributed by atoms with Crippen LogP contribution in [0.15, 0.2) is 30.3 Å². The molecule has 2 N–H and O–H groups in total. The number of hydrogen-bond donors (Lipinski definition) is 2. The van der Waals surface area contributed by atoms with Gasteiger partial charge in [0.2, 0.25) is 0 Å². The minimum absolute atomic E-state index is 0.237. The molecule has 4 aliphatic rings. The summed E-state index contributed by atoms with van der Waals surface area (Å²) in [6, 6.07) is 10.7. The average Bonchev–Trinajstić information content (AvgIpc) is 3.95. The largest absolute Gasteiger partial charge is 0.493 e. The van der Waals surface area contributed by atoms with Crippen molar-refractivity contribution in [1.82, 2.24) is 15.1 Å². The second-order valence-electron chi connectivity index (χ2n) is 14.3. The number of aliphatic hydroxyl groups is 1. The van der Waals surface area contributed by atoms with E-state index in [0.717, 1.165) is 75.1 Å². The Morgan fingerprint density at radius 3 is 2.57 bits per heavy atom. The molecule has 0 radical (unpaired) electrons. The molecule has 0 bridgehead atoms. The minimum Gasteiger partial charge on any atom is -0.493 e. The summed E-state index contributed by atoms with van der Waals surface area (Å²) < 4.78 is 31.0. The van der Waals surface area contributed by atoms with Gasteiger partial charge in [-0.3, -0.25) is 9.80 Å². The normalized spacial score (nSPS) is 26.7. The van der Waals surface area contributed by atoms with E-state index >= 15 is 0 Å². The highest BCUT2D eigenvalue weighted by Crippen LogP contribution is 2.51. The molecule has 6 rings (SSSR count). The molecule has 2 saturated carbocycles. The monoisotopic (exact) mass is 611 g/mol. The third-order valence-corrected chi connectivity index (χ3v) is 10.7. The summed E-state index contributed by atoms with van der Waals surface area (Å²) in [5.74, 6) is 1.72. The van der Waals surface area contributed by atoms with Crippen molar-refractivity contribution >= 4 is 10.8 Å². The van der Waals surface area contributed by atoms with Crippen LogP contribution in [0.25, 0.3) is 10.8 Å². The Labute approximate surface area is 263 Å². The van der Waals surface area contributed by atoms with Gasteiger partial charge in [-0.1, -0.05) is 6.07 Å². The molecule has 8 heteroatoms. The van der Waals surface area contributed by atoms with Crippen molar-refractivity contribution in [2.24, 2.45) is 11.8 Å². The number of methoxy groups -OCH3 is 1. The van der Waals surface area contributed by atoms with Crippen LogP contribution in [0.3, 0.4) is 0 Å². The summed E-state index contributed by atoms with van der Waals surface area (Å²) in [7, 11) is 1.69. The lowest BCUT2D eigenvalue weighted by molar-refractivity contribution is -0.0382. The molecule has 7 nitrogen and oxygen atoms in total. The number of nitrogens with one attached hydrogen (secondary N) is 1. The van der Waals surface area contributed by atoms with Crippen molar-refractivity contribution in [1.29, 1.82) is 0 Å². The Morgan fingerprint density at radius 2 is 1.86 bits per heavy atom. The van der Waals surface area contributed by atoms with Crippen LogP contribution in [-0.2, 0) is 16.0 Å². The lowest BCUT2D eigenvalue weighted by atomic mass is 9.93. The fourth-order valence-electron chi connectivity index (χ4n) is 7.85. The molecule has 44 heavy (non-hydrogen) atoms. The van der Waals surface area contributed by atoms with E-state index in [-0.39, 0.29) is 17.6 Å². The summed E-state index contributed by atoms with van der Waals surface area (Å²) in [5.41, 5.74) is 1.43. The molecule has 2 aliphatic heterocycles. The molecule has 2 aromatic carbocycles. The van der Waals surface area contributed by atoms with Crippen LogP contribution in [0, 0.1) is 17.7 Å². The molecule has 0 amide bonds. The van der Waals surface area contributed by atoms with Crippen LogP contribution < -0.4 is 10.1 Å². The number of halogens is 1. The first-order valence-corrected chi connectivity index (χ1v) is 17.2. The zero-order valence-corrected chi connectivity index (χ0v) is 27.1.